The lowest BCUT2D eigenvalue weighted by Gasteiger charge is -2.34. The summed E-state index contributed by atoms with van der Waals surface area (Å²) in [6.45, 7) is 7.59. The van der Waals surface area contributed by atoms with Crippen LogP contribution < -0.4 is 10.2 Å². The number of likely N-dealkylation sites (N-methyl/N-ethyl adjacent to an activating group) is 1. The van der Waals surface area contributed by atoms with Crippen LogP contribution in [0.3, 0.4) is 0 Å². The van der Waals surface area contributed by atoms with Gasteiger partial charge in [-0.25, -0.2) is 4.39 Å². The highest BCUT2D eigenvalue weighted by Crippen LogP contribution is 2.32. The van der Waals surface area contributed by atoms with Crippen LogP contribution in [0.15, 0.2) is 54.2 Å². The summed E-state index contributed by atoms with van der Waals surface area (Å²) in [4.78, 5) is 32.0. The zero-order valence-corrected chi connectivity index (χ0v) is 18.1. The van der Waals surface area contributed by atoms with E-state index in [1.807, 2.05) is 24.3 Å². The molecule has 0 aromatic heterocycles. The Morgan fingerprint density at radius 3 is 2.06 bits per heavy atom. The van der Waals surface area contributed by atoms with Crippen LogP contribution in [0.2, 0.25) is 0 Å². The molecular weight excluding hydrogens is 395 g/mol. The highest BCUT2D eigenvalue weighted by molar-refractivity contribution is 6.36. The molecule has 2 aliphatic rings. The molecule has 0 radical (unpaired) electrons. The highest BCUT2D eigenvalue weighted by atomic mass is 19.1. The summed E-state index contributed by atoms with van der Waals surface area (Å²) >= 11 is 0. The van der Waals surface area contributed by atoms with Gasteiger partial charge in [-0.05, 0) is 62.9 Å². The molecule has 0 saturated carbocycles. The van der Waals surface area contributed by atoms with Gasteiger partial charge in [0.15, 0.2) is 0 Å². The van der Waals surface area contributed by atoms with E-state index in [9.17, 15) is 14.0 Å². The van der Waals surface area contributed by atoms with Gasteiger partial charge in [-0.2, -0.15) is 0 Å². The van der Waals surface area contributed by atoms with Crippen molar-refractivity contribution in [1.82, 2.24) is 9.80 Å². The molecule has 2 aliphatic heterocycles. The molecule has 0 aliphatic carbocycles. The SMILES string of the molecule is CC(C)N1C(=O)C(Nc2ccc(N3CCN(C)CC3)cc2)=C(c2ccc(F)cc2)C1=O. The average Bonchev–Trinajstić information content (AvgIpc) is 2.99. The summed E-state index contributed by atoms with van der Waals surface area (Å²) < 4.78 is 13.4. The Hall–Kier alpha value is -3.19. The first-order valence-electron chi connectivity index (χ1n) is 10.5. The van der Waals surface area contributed by atoms with Crippen LogP contribution in [0.25, 0.3) is 5.57 Å². The zero-order valence-electron chi connectivity index (χ0n) is 18.1. The Balaban J connectivity index is 1.62. The molecule has 1 N–H and O–H groups in total. The molecule has 7 heteroatoms. The number of rotatable bonds is 5. The number of hydrogen-bond acceptors (Lipinski definition) is 5. The average molecular weight is 423 g/mol. The molecular formula is C24H27FN4O2. The second-order valence-electron chi connectivity index (χ2n) is 8.29. The molecule has 4 rings (SSSR count). The number of carbonyl (C=O) groups is 2. The largest absolute Gasteiger partial charge is 0.369 e. The summed E-state index contributed by atoms with van der Waals surface area (Å²) in [7, 11) is 2.12. The van der Waals surface area contributed by atoms with Crippen molar-refractivity contribution in [1.29, 1.82) is 0 Å². The zero-order chi connectivity index (χ0) is 22.1. The Labute approximate surface area is 181 Å². The number of nitrogens with one attached hydrogen (secondary N) is 1. The van der Waals surface area contributed by atoms with E-state index < -0.39 is 5.82 Å². The maximum Gasteiger partial charge on any atom is 0.278 e. The van der Waals surface area contributed by atoms with E-state index in [0.717, 1.165) is 37.6 Å². The van der Waals surface area contributed by atoms with Crippen molar-refractivity contribution in [3.63, 3.8) is 0 Å². The topological polar surface area (TPSA) is 55.9 Å². The standard InChI is InChI=1S/C24H27FN4O2/c1-16(2)29-23(30)21(17-4-6-18(25)7-5-17)22(24(29)31)26-19-8-10-20(11-9-19)28-14-12-27(3)13-15-28/h4-11,16,26H,12-15H2,1-3H3. The fourth-order valence-electron chi connectivity index (χ4n) is 3.98. The first-order valence-corrected chi connectivity index (χ1v) is 10.5. The number of imide groups is 1. The number of piperazine rings is 1. The van der Waals surface area contributed by atoms with E-state index in [4.69, 9.17) is 0 Å². The van der Waals surface area contributed by atoms with Gasteiger partial charge in [0, 0.05) is 43.6 Å². The second kappa shape index (κ2) is 8.51. The normalized spacial score (nSPS) is 17.8. The Morgan fingerprint density at radius 2 is 1.48 bits per heavy atom. The maximum atomic E-state index is 13.4. The number of carbonyl (C=O) groups excluding carboxylic acids is 2. The predicted molar refractivity (Wildman–Crippen MR) is 120 cm³/mol. The van der Waals surface area contributed by atoms with Crippen molar-refractivity contribution in [2.75, 3.05) is 43.4 Å². The monoisotopic (exact) mass is 422 g/mol. The Morgan fingerprint density at radius 1 is 0.871 bits per heavy atom. The van der Waals surface area contributed by atoms with E-state index in [0.29, 0.717) is 5.56 Å². The summed E-state index contributed by atoms with van der Waals surface area (Å²) in [5.41, 5.74) is 2.85. The summed E-state index contributed by atoms with van der Waals surface area (Å²) in [5.74, 6) is -1.14. The van der Waals surface area contributed by atoms with Crippen molar-refractivity contribution in [3.05, 3.63) is 65.6 Å². The third-order valence-electron chi connectivity index (χ3n) is 5.77. The molecule has 1 fully saturated rings. The molecule has 2 aromatic rings. The van der Waals surface area contributed by atoms with Crippen LogP contribution in [-0.2, 0) is 9.59 Å². The predicted octanol–water partition coefficient (Wildman–Crippen LogP) is 3.18. The first-order chi connectivity index (χ1) is 14.8. The quantitative estimate of drug-likeness (QED) is 0.750. The Bertz CT molecular complexity index is 1010. The summed E-state index contributed by atoms with van der Waals surface area (Å²) in [6, 6.07) is 13.2. The molecule has 0 bridgehead atoms. The Kier molecular flexibility index (Phi) is 5.78. The molecule has 6 nitrogen and oxygen atoms in total. The number of hydrogen-bond donors (Lipinski definition) is 1. The van der Waals surface area contributed by atoms with Crippen LogP contribution in [-0.4, -0.2) is 60.9 Å². The lowest BCUT2D eigenvalue weighted by molar-refractivity contribution is -0.138. The van der Waals surface area contributed by atoms with Crippen molar-refractivity contribution < 1.29 is 14.0 Å². The second-order valence-corrected chi connectivity index (χ2v) is 8.29. The number of nitrogens with zero attached hydrogens (tertiary/aromatic N) is 3. The van der Waals surface area contributed by atoms with Gasteiger partial charge in [0.05, 0.1) is 5.57 Å². The molecule has 2 amide bonds. The molecule has 2 heterocycles. The van der Waals surface area contributed by atoms with Crippen LogP contribution in [0.4, 0.5) is 15.8 Å². The van der Waals surface area contributed by atoms with Crippen LogP contribution in [0.5, 0.6) is 0 Å². The van der Waals surface area contributed by atoms with E-state index in [1.54, 1.807) is 13.8 Å². The van der Waals surface area contributed by atoms with Crippen LogP contribution in [0.1, 0.15) is 19.4 Å². The first kappa shape index (κ1) is 21.1. The number of halogens is 1. The fourth-order valence-corrected chi connectivity index (χ4v) is 3.98. The van der Waals surface area contributed by atoms with Gasteiger partial charge in [-0.1, -0.05) is 12.1 Å². The van der Waals surface area contributed by atoms with Gasteiger partial charge in [0.1, 0.15) is 11.5 Å². The molecule has 31 heavy (non-hydrogen) atoms. The highest BCUT2D eigenvalue weighted by Gasteiger charge is 2.40. The maximum absolute atomic E-state index is 13.4. The fraction of sp³-hybridized carbons (Fsp3) is 0.333. The third-order valence-corrected chi connectivity index (χ3v) is 5.77. The van der Waals surface area contributed by atoms with E-state index in [2.05, 4.69) is 22.2 Å². The molecule has 162 valence electrons. The van der Waals surface area contributed by atoms with Crippen molar-refractivity contribution >= 4 is 28.8 Å². The van der Waals surface area contributed by atoms with E-state index >= 15 is 0 Å². The lowest BCUT2D eigenvalue weighted by atomic mass is 10.0. The van der Waals surface area contributed by atoms with Crippen LogP contribution >= 0.6 is 0 Å². The van der Waals surface area contributed by atoms with Gasteiger partial charge in [0.2, 0.25) is 0 Å². The minimum atomic E-state index is -0.393. The van der Waals surface area contributed by atoms with Gasteiger partial charge in [0.25, 0.3) is 11.8 Å². The van der Waals surface area contributed by atoms with E-state index in [-0.39, 0.29) is 29.1 Å². The number of benzene rings is 2. The molecule has 2 aromatic carbocycles. The third kappa shape index (κ3) is 4.18. The molecule has 0 unspecified atom stereocenters. The van der Waals surface area contributed by atoms with Crippen LogP contribution in [0, 0.1) is 5.82 Å². The van der Waals surface area contributed by atoms with Crippen molar-refractivity contribution in [2.45, 2.75) is 19.9 Å². The minimum absolute atomic E-state index is 0.220. The minimum Gasteiger partial charge on any atom is -0.369 e. The molecule has 0 spiro atoms. The summed E-state index contributed by atoms with van der Waals surface area (Å²) in [5, 5.41) is 3.15. The van der Waals surface area contributed by atoms with Gasteiger partial charge < -0.3 is 15.1 Å². The molecule has 0 atom stereocenters. The van der Waals surface area contributed by atoms with Crippen molar-refractivity contribution in [2.24, 2.45) is 0 Å². The lowest BCUT2D eigenvalue weighted by Crippen LogP contribution is -2.44. The summed E-state index contributed by atoms with van der Waals surface area (Å²) in [6.07, 6.45) is 0. The van der Waals surface area contributed by atoms with Gasteiger partial charge in [-0.3, -0.25) is 14.5 Å². The number of anilines is 2. The van der Waals surface area contributed by atoms with Crippen molar-refractivity contribution in [3.8, 4) is 0 Å². The van der Waals surface area contributed by atoms with Gasteiger partial charge >= 0.3 is 0 Å². The smallest absolute Gasteiger partial charge is 0.278 e. The molecule has 1 saturated heterocycles. The number of amides is 2. The van der Waals surface area contributed by atoms with Gasteiger partial charge in [-0.15, -0.1) is 0 Å². The van der Waals surface area contributed by atoms with E-state index in [1.165, 1.54) is 29.2 Å².